The lowest BCUT2D eigenvalue weighted by molar-refractivity contribution is -0.136. The molecule has 0 bridgehead atoms. The molecule has 1 atom stereocenters. The number of carbonyl (C=O) groups excluding carboxylic acids is 5. The van der Waals surface area contributed by atoms with Crippen LogP contribution in [0.5, 0.6) is 0 Å². The van der Waals surface area contributed by atoms with Crippen LogP contribution in [-0.4, -0.2) is 40.9 Å². The van der Waals surface area contributed by atoms with Crippen molar-refractivity contribution in [2.24, 2.45) is 0 Å². The molecule has 130 valence electrons. The van der Waals surface area contributed by atoms with Crippen LogP contribution in [0.25, 0.3) is 0 Å². The van der Waals surface area contributed by atoms with Gasteiger partial charge in [-0.05, 0) is 23.5 Å². The van der Waals surface area contributed by atoms with Crippen LogP contribution in [0.4, 0.5) is 0 Å². The largest absolute Gasteiger partial charge is 0.298 e. The monoisotopic (exact) mass is 342 g/mol. The first-order chi connectivity index (χ1) is 11.7. The van der Waals surface area contributed by atoms with Gasteiger partial charge in [0.2, 0.25) is 11.8 Å². The van der Waals surface area contributed by atoms with Crippen molar-refractivity contribution in [2.75, 3.05) is 0 Å². The molecule has 1 aromatic rings. The van der Waals surface area contributed by atoms with Gasteiger partial charge in [-0.25, -0.2) is 0 Å². The van der Waals surface area contributed by atoms with E-state index in [1.807, 2.05) is 20.8 Å². The summed E-state index contributed by atoms with van der Waals surface area (Å²) in [6, 6.07) is 1.95. The maximum absolute atomic E-state index is 13.0. The SMILES string of the molecule is CC(C)(C)c1c(C=O)ccc2c1C(=O)N(C1CCC(=O)NC1=O)C2=O. The Morgan fingerprint density at radius 1 is 1.12 bits per heavy atom. The molecule has 0 spiro atoms. The van der Waals surface area contributed by atoms with E-state index in [2.05, 4.69) is 5.32 Å². The second kappa shape index (κ2) is 5.61. The van der Waals surface area contributed by atoms with Crippen molar-refractivity contribution in [3.05, 3.63) is 34.4 Å². The van der Waals surface area contributed by atoms with Crippen molar-refractivity contribution in [2.45, 2.75) is 45.1 Å². The number of carbonyl (C=O) groups is 5. The number of benzene rings is 1. The number of hydrogen-bond donors (Lipinski definition) is 1. The number of imide groups is 2. The number of amides is 4. The fourth-order valence-electron chi connectivity index (χ4n) is 3.48. The average Bonchev–Trinajstić information content (AvgIpc) is 2.77. The van der Waals surface area contributed by atoms with Gasteiger partial charge < -0.3 is 0 Å². The third-order valence-corrected chi connectivity index (χ3v) is 4.52. The number of fused-ring (bicyclic) bond motifs is 1. The number of rotatable bonds is 2. The predicted molar refractivity (Wildman–Crippen MR) is 87.2 cm³/mol. The van der Waals surface area contributed by atoms with Crippen LogP contribution in [-0.2, 0) is 15.0 Å². The van der Waals surface area contributed by atoms with Crippen LogP contribution >= 0.6 is 0 Å². The van der Waals surface area contributed by atoms with Crippen LogP contribution in [0.15, 0.2) is 12.1 Å². The molecule has 2 heterocycles. The first-order valence-electron chi connectivity index (χ1n) is 8.01. The Labute approximate surface area is 144 Å². The van der Waals surface area contributed by atoms with Crippen molar-refractivity contribution in [1.82, 2.24) is 10.2 Å². The van der Waals surface area contributed by atoms with E-state index < -0.39 is 35.1 Å². The summed E-state index contributed by atoms with van der Waals surface area (Å²) in [7, 11) is 0. The zero-order chi connectivity index (χ0) is 18.5. The van der Waals surface area contributed by atoms with Crippen molar-refractivity contribution in [3.8, 4) is 0 Å². The third-order valence-electron chi connectivity index (χ3n) is 4.52. The normalized spacial score (nSPS) is 20.6. The molecular weight excluding hydrogens is 324 g/mol. The number of nitrogens with one attached hydrogen (secondary N) is 1. The highest BCUT2D eigenvalue weighted by molar-refractivity contribution is 6.24. The Morgan fingerprint density at radius 3 is 2.36 bits per heavy atom. The maximum atomic E-state index is 13.0. The van der Waals surface area contributed by atoms with Gasteiger partial charge in [0.25, 0.3) is 11.8 Å². The third kappa shape index (κ3) is 2.56. The van der Waals surface area contributed by atoms with E-state index in [9.17, 15) is 24.0 Å². The quantitative estimate of drug-likeness (QED) is 0.643. The summed E-state index contributed by atoms with van der Waals surface area (Å²) in [4.78, 5) is 61.5. The smallest absolute Gasteiger partial charge is 0.262 e. The van der Waals surface area contributed by atoms with E-state index in [0.717, 1.165) is 4.90 Å². The lowest BCUT2D eigenvalue weighted by atomic mass is 9.79. The standard InChI is InChI=1S/C18H18N2O5/c1-18(2,3)14-9(8-21)4-5-10-13(14)17(25)20(16(10)24)11-6-7-12(22)19-15(11)23/h4-5,8,11H,6-7H2,1-3H3,(H,19,22,23). The van der Waals surface area contributed by atoms with E-state index in [-0.39, 0.29) is 24.0 Å². The maximum Gasteiger partial charge on any atom is 0.262 e. The number of hydrogen-bond acceptors (Lipinski definition) is 5. The molecule has 3 rings (SSSR count). The van der Waals surface area contributed by atoms with Crippen LogP contribution in [0, 0.1) is 0 Å². The van der Waals surface area contributed by atoms with Gasteiger partial charge in [-0.1, -0.05) is 26.8 Å². The van der Waals surface area contributed by atoms with Gasteiger partial charge in [-0.3, -0.25) is 34.2 Å². The van der Waals surface area contributed by atoms with E-state index in [0.29, 0.717) is 17.4 Å². The fraction of sp³-hybridized carbons (Fsp3) is 0.389. The highest BCUT2D eigenvalue weighted by Gasteiger charge is 2.46. The molecule has 25 heavy (non-hydrogen) atoms. The van der Waals surface area contributed by atoms with E-state index in [1.54, 1.807) is 0 Å². The fourth-order valence-corrected chi connectivity index (χ4v) is 3.48. The summed E-state index contributed by atoms with van der Waals surface area (Å²) >= 11 is 0. The molecule has 2 aliphatic rings. The first-order valence-corrected chi connectivity index (χ1v) is 8.01. The Kier molecular flexibility index (Phi) is 3.82. The number of piperidine rings is 1. The average molecular weight is 342 g/mol. The highest BCUT2D eigenvalue weighted by atomic mass is 16.2. The van der Waals surface area contributed by atoms with Crippen molar-refractivity contribution >= 4 is 29.9 Å². The second-order valence-corrected chi connectivity index (χ2v) is 7.27. The number of aldehydes is 1. The minimum atomic E-state index is -1.02. The van der Waals surface area contributed by atoms with Gasteiger partial charge in [0.05, 0.1) is 11.1 Å². The van der Waals surface area contributed by atoms with Gasteiger partial charge in [0.1, 0.15) is 12.3 Å². The molecule has 4 amide bonds. The molecule has 2 aliphatic heterocycles. The summed E-state index contributed by atoms with van der Waals surface area (Å²) in [5.41, 5.74) is 0.654. The lowest BCUT2D eigenvalue weighted by Gasteiger charge is -2.28. The molecule has 7 nitrogen and oxygen atoms in total. The molecule has 0 radical (unpaired) electrons. The van der Waals surface area contributed by atoms with Crippen LogP contribution < -0.4 is 5.32 Å². The summed E-state index contributed by atoms with van der Waals surface area (Å²) in [6.45, 7) is 5.55. The van der Waals surface area contributed by atoms with Gasteiger partial charge in [-0.15, -0.1) is 0 Å². The molecular formula is C18H18N2O5. The molecule has 1 fully saturated rings. The van der Waals surface area contributed by atoms with Gasteiger partial charge >= 0.3 is 0 Å². The summed E-state index contributed by atoms with van der Waals surface area (Å²) in [5.74, 6) is -2.24. The van der Waals surface area contributed by atoms with Crippen molar-refractivity contribution in [3.63, 3.8) is 0 Å². The highest BCUT2D eigenvalue weighted by Crippen LogP contribution is 2.37. The van der Waals surface area contributed by atoms with Gasteiger partial charge in [0.15, 0.2) is 0 Å². The minimum absolute atomic E-state index is 0.0650. The molecule has 0 aliphatic carbocycles. The molecule has 0 aromatic heterocycles. The van der Waals surface area contributed by atoms with E-state index in [4.69, 9.17) is 0 Å². The van der Waals surface area contributed by atoms with E-state index in [1.165, 1.54) is 12.1 Å². The van der Waals surface area contributed by atoms with Gasteiger partial charge in [0, 0.05) is 12.0 Å². The first kappa shape index (κ1) is 17.0. The van der Waals surface area contributed by atoms with E-state index >= 15 is 0 Å². The van der Waals surface area contributed by atoms with Gasteiger partial charge in [-0.2, -0.15) is 0 Å². The molecule has 1 N–H and O–H groups in total. The molecule has 0 saturated carbocycles. The molecule has 7 heteroatoms. The van der Waals surface area contributed by atoms with Crippen molar-refractivity contribution < 1.29 is 24.0 Å². The number of nitrogens with zero attached hydrogens (tertiary/aromatic N) is 1. The molecule has 1 unspecified atom stereocenters. The van der Waals surface area contributed by atoms with Crippen molar-refractivity contribution in [1.29, 1.82) is 0 Å². The summed E-state index contributed by atoms with van der Waals surface area (Å²) in [6.07, 6.45) is 0.824. The lowest BCUT2D eigenvalue weighted by Crippen LogP contribution is -2.54. The minimum Gasteiger partial charge on any atom is -0.298 e. The zero-order valence-electron chi connectivity index (χ0n) is 14.2. The predicted octanol–water partition coefficient (Wildman–Crippen LogP) is 1.20. The van der Waals surface area contributed by atoms with Crippen LogP contribution in [0.1, 0.15) is 70.3 Å². The van der Waals surface area contributed by atoms with Crippen LogP contribution in [0.3, 0.4) is 0 Å². The zero-order valence-corrected chi connectivity index (χ0v) is 14.2. The van der Waals surface area contributed by atoms with Crippen LogP contribution in [0.2, 0.25) is 0 Å². The second-order valence-electron chi connectivity index (χ2n) is 7.27. The molecule has 1 aromatic carbocycles. The summed E-state index contributed by atoms with van der Waals surface area (Å²) in [5, 5.41) is 2.16. The Balaban J connectivity index is 2.13. The summed E-state index contributed by atoms with van der Waals surface area (Å²) < 4.78 is 0. The Bertz CT molecular complexity index is 835. The molecule has 1 saturated heterocycles. The Morgan fingerprint density at radius 2 is 1.80 bits per heavy atom. The topological polar surface area (TPSA) is 101 Å². The Hall–Kier alpha value is -2.83.